The Kier molecular flexibility index (Phi) is 5.88. The van der Waals surface area contributed by atoms with Gasteiger partial charge in [-0.15, -0.1) is 0 Å². The summed E-state index contributed by atoms with van der Waals surface area (Å²) >= 11 is 11.8. The average molecular weight is 428 g/mol. The number of aromatic nitrogens is 2. The van der Waals surface area contributed by atoms with Crippen molar-refractivity contribution in [2.45, 2.75) is 24.8 Å². The molecule has 0 spiro atoms. The number of rotatable bonds is 7. The van der Waals surface area contributed by atoms with Crippen molar-refractivity contribution in [3.63, 3.8) is 0 Å². The highest BCUT2D eigenvalue weighted by Gasteiger charge is 2.18. The summed E-state index contributed by atoms with van der Waals surface area (Å²) in [5, 5.41) is 4.21. The van der Waals surface area contributed by atoms with Crippen LogP contribution in [0.4, 0.5) is 5.69 Å². The number of benzene rings is 2. The SMILES string of the molecule is CCc1nc(COc2ccccc2NS(=O)(=O)c2ccc(Cl)c(Cl)c2)no1. The Morgan fingerprint density at radius 2 is 1.93 bits per heavy atom. The number of anilines is 1. The first-order valence-corrected chi connectivity index (χ1v) is 10.1. The van der Waals surface area contributed by atoms with Crippen molar-refractivity contribution in [3.8, 4) is 5.75 Å². The maximum atomic E-state index is 12.6. The number of nitrogens with one attached hydrogen (secondary N) is 1. The summed E-state index contributed by atoms with van der Waals surface area (Å²) < 4.78 is 38.4. The van der Waals surface area contributed by atoms with Crippen molar-refractivity contribution in [1.82, 2.24) is 10.1 Å². The molecular formula is C17H15Cl2N3O4S. The van der Waals surface area contributed by atoms with Crippen LogP contribution in [-0.2, 0) is 23.1 Å². The quantitative estimate of drug-likeness (QED) is 0.603. The van der Waals surface area contributed by atoms with E-state index < -0.39 is 10.0 Å². The van der Waals surface area contributed by atoms with Gasteiger partial charge < -0.3 is 9.26 Å². The Balaban J connectivity index is 1.79. The fraction of sp³-hybridized carbons (Fsp3) is 0.176. The minimum Gasteiger partial charge on any atom is -0.483 e. The standard InChI is InChI=1S/C17H15Cl2N3O4S/c1-2-17-20-16(21-26-17)10-25-15-6-4-3-5-14(15)22-27(23,24)11-7-8-12(18)13(19)9-11/h3-9,22H,2,10H2,1H3. The maximum Gasteiger partial charge on any atom is 0.262 e. The number of sulfonamides is 1. The van der Waals surface area contributed by atoms with Gasteiger partial charge in [0, 0.05) is 6.42 Å². The smallest absolute Gasteiger partial charge is 0.262 e. The molecule has 3 aromatic rings. The highest BCUT2D eigenvalue weighted by atomic mass is 35.5. The van der Waals surface area contributed by atoms with Crippen LogP contribution in [0, 0.1) is 0 Å². The minimum atomic E-state index is -3.88. The molecule has 1 N–H and O–H groups in total. The van der Waals surface area contributed by atoms with Crippen molar-refractivity contribution < 1.29 is 17.7 Å². The topological polar surface area (TPSA) is 94.3 Å². The molecule has 0 saturated heterocycles. The molecular weight excluding hydrogens is 413 g/mol. The fourth-order valence-electron chi connectivity index (χ4n) is 2.16. The lowest BCUT2D eigenvalue weighted by Crippen LogP contribution is -2.14. The lowest BCUT2D eigenvalue weighted by Gasteiger charge is -2.13. The van der Waals surface area contributed by atoms with Gasteiger partial charge in [0.2, 0.25) is 11.7 Å². The monoisotopic (exact) mass is 427 g/mol. The Hall–Kier alpha value is -2.29. The first kappa shape index (κ1) is 19.5. The van der Waals surface area contributed by atoms with E-state index in [1.807, 2.05) is 6.92 Å². The van der Waals surface area contributed by atoms with E-state index in [1.54, 1.807) is 24.3 Å². The van der Waals surface area contributed by atoms with Gasteiger partial charge in [0.15, 0.2) is 6.61 Å². The molecule has 0 fully saturated rings. The number of halogens is 2. The van der Waals surface area contributed by atoms with Gasteiger partial charge in [-0.2, -0.15) is 4.98 Å². The van der Waals surface area contributed by atoms with Crippen LogP contribution in [-0.4, -0.2) is 18.6 Å². The number of ether oxygens (including phenoxy) is 1. The van der Waals surface area contributed by atoms with Crippen LogP contribution in [0.25, 0.3) is 0 Å². The fourth-order valence-corrected chi connectivity index (χ4v) is 3.62. The minimum absolute atomic E-state index is 0.0162. The molecule has 142 valence electrons. The second-order valence-electron chi connectivity index (χ2n) is 5.42. The van der Waals surface area contributed by atoms with E-state index >= 15 is 0 Å². The van der Waals surface area contributed by atoms with Crippen LogP contribution in [0.3, 0.4) is 0 Å². The molecule has 0 radical (unpaired) electrons. The van der Waals surface area contributed by atoms with Crippen molar-refractivity contribution in [2.75, 3.05) is 4.72 Å². The molecule has 3 rings (SSSR count). The molecule has 1 aromatic heterocycles. The third-order valence-electron chi connectivity index (χ3n) is 3.50. The normalized spacial score (nSPS) is 11.4. The molecule has 27 heavy (non-hydrogen) atoms. The highest BCUT2D eigenvalue weighted by Crippen LogP contribution is 2.29. The van der Waals surface area contributed by atoms with Gasteiger partial charge in [-0.3, -0.25) is 4.72 Å². The average Bonchev–Trinajstić information content (AvgIpc) is 3.11. The second kappa shape index (κ2) is 8.16. The summed E-state index contributed by atoms with van der Waals surface area (Å²) in [4.78, 5) is 4.13. The van der Waals surface area contributed by atoms with E-state index in [9.17, 15) is 8.42 Å². The summed E-state index contributed by atoms with van der Waals surface area (Å²) in [6.45, 7) is 1.93. The zero-order chi connectivity index (χ0) is 19.4. The number of para-hydroxylation sites is 2. The van der Waals surface area contributed by atoms with E-state index in [2.05, 4.69) is 14.9 Å². The van der Waals surface area contributed by atoms with E-state index in [0.29, 0.717) is 23.9 Å². The molecule has 1 heterocycles. The number of hydrogen-bond acceptors (Lipinski definition) is 6. The van der Waals surface area contributed by atoms with Gasteiger partial charge in [0.05, 0.1) is 20.6 Å². The summed E-state index contributed by atoms with van der Waals surface area (Å²) in [5.41, 5.74) is 0.266. The summed E-state index contributed by atoms with van der Waals surface area (Å²) in [5.74, 6) is 1.19. The Morgan fingerprint density at radius 1 is 1.15 bits per heavy atom. The third kappa shape index (κ3) is 4.71. The largest absolute Gasteiger partial charge is 0.483 e. The van der Waals surface area contributed by atoms with E-state index in [1.165, 1.54) is 18.2 Å². The molecule has 0 aliphatic rings. The number of hydrogen-bond donors (Lipinski definition) is 1. The molecule has 10 heteroatoms. The Bertz CT molecular complexity index is 1050. The van der Waals surface area contributed by atoms with Gasteiger partial charge >= 0.3 is 0 Å². The van der Waals surface area contributed by atoms with Crippen molar-refractivity contribution >= 4 is 38.9 Å². The van der Waals surface area contributed by atoms with Crippen LogP contribution < -0.4 is 9.46 Å². The first-order chi connectivity index (χ1) is 12.9. The van der Waals surface area contributed by atoms with E-state index in [0.717, 1.165) is 0 Å². The van der Waals surface area contributed by atoms with Crippen LogP contribution in [0.2, 0.25) is 10.0 Å². The maximum absolute atomic E-state index is 12.6. The molecule has 0 aliphatic carbocycles. The zero-order valence-electron chi connectivity index (χ0n) is 14.1. The third-order valence-corrected chi connectivity index (χ3v) is 5.60. The van der Waals surface area contributed by atoms with Gasteiger partial charge in [0.1, 0.15) is 5.75 Å². The second-order valence-corrected chi connectivity index (χ2v) is 7.92. The van der Waals surface area contributed by atoms with Crippen molar-refractivity contribution in [2.24, 2.45) is 0 Å². The van der Waals surface area contributed by atoms with Gasteiger partial charge in [-0.1, -0.05) is 47.4 Å². The molecule has 2 aromatic carbocycles. The van der Waals surface area contributed by atoms with Gasteiger partial charge in [-0.05, 0) is 30.3 Å². The van der Waals surface area contributed by atoms with Crippen molar-refractivity contribution in [1.29, 1.82) is 0 Å². The predicted molar refractivity (Wildman–Crippen MR) is 102 cm³/mol. The summed E-state index contributed by atoms with van der Waals surface area (Å²) in [6.07, 6.45) is 0.618. The van der Waals surface area contributed by atoms with E-state index in [-0.39, 0.29) is 27.2 Å². The Labute approximate surface area is 166 Å². The molecule has 0 amide bonds. The van der Waals surface area contributed by atoms with Gasteiger partial charge in [0.25, 0.3) is 10.0 Å². The zero-order valence-corrected chi connectivity index (χ0v) is 16.5. The highest BCUT2D eigenvalue weighted by molar-refractivity contribution is 7.92. The van der Waals surface area contributed by atoms with Crippen LogP contribution >= 0.6 is 23.2 Å². The van der Waals surface area contributed by atoms with Gasteiger partial charge in [-0.25, -0.2) is 8.42 Å². The van der Waals surface area contributed by atoms with E-state index in [4.69, 9.17) is 32.5 Å². The summed E-state index contributed by atoms with van der Waals surface area (Å²) in [6, 6.07) is 10.7. The molecule has 7 nitrogen and oxygen atoms in total. The molecule has 0 saturated carbocycles. The molecule has 0 bridgehead atoms. The first-order valence-electron chi connectivity index (χ1n) is 7.90. The molecule has 0 atom stereocenters. The molecule has 0 aliphatic heterocycles. The lowest BCUT2D eigenvalue weighted by molar-refractivity contribution is 0.286. The number of aryl methyl sites for hydroxylation is 1. The van der Waals surface area contributed by atoms with Crippen LogP contribution in [0.5, 0.6) is 5.75 Å². The number of nitrogens with zero attached hydrogens (tertiary/aromatic N) is 2. The van der Waals surface area contributed by atoms with Crippen LogP contribution in [0.1, 0.15) is 18.6 Å². The summed E-state index contributed by atoms with van der Waals surface area (Å²) in [7, 11) is -3.88. The predicted octanol–water partition coefficient (Wildman–Crippen LogP) is 4.32. The lowest BCUT2D eigenvalue weighted by atomic mass is 10.3. The molecule has 0 unspecified atom stereocenters. The van der Waals surface area contributed by atoms with Crippen molar-refractivity contribution in [3.05, 3.63) is 64.2 Å². The Morgan fingerprint density at radius 3 is 2.63 bits per heavy atom. The van der Waals surface area contributed by atoms with Crippen LogP contribution in [0.15, 0.2) is 51.9 Å².